The lowest BCUT2D eigenvalue weighted by Crippen LogP contribution is -2.30. The first-order chi connectivity index (χ1) is 15.2. The van der Waals surface area contributed by atoms with Crippen LogP contribution in [0.25, 0.3) is 5.65 Å². The number of aromatic amines is 1. The summed E-state index contributed by atoms with van der Waals surface area (Å²) in [4.78, 5) is 19.0. The van der Waals surface area contributed by atoms with Gasteiger partial charge in [-0.15, -0.1) is 0 Å². The number of benzene rings is 1. The number of carbonyl (C=O) groups is 1. The molecular weight excluding hydrogens is 421 g/mol. The molecule has 1 unspecified atom stereocenters. The fourth-order valence-corrected chi connectivity index (χ4v) is 4.17. The van der Waals surface area contributed by atoms with Crippen LogP contribution in [0.4, 0.5) is 18.9 Å². The van der Waals surface area contributed by atoms with Gasteiger partial charge in [0.1, 0.15) is 12.0 Å². The van der Waals surface area contributed by atoms with E-state index in [1.54, 1.807) is 24.4 Å². The zero-order valence-electron chi connectivity index (χ0n) is 17.3. The van der Waals surface area contributed by atoms with Gasteiger partial charge in [-0.1, -0.05) is 26.0 Å². The molecule has 0 saturated carbocycles. The fourth-order valence-electron chi connectivity index (χ4n) is 4.17. The predicted molar refractivity (Wildman–Crippen MR) is 110 cm³/mol. The number of anilines is 1. The number of H-pyrrole nitrogens is 1. The highest BCUT2D eigenvalue weighted by molar-refractivity contribution is 6.10. The molecule has 10 heteroatoms. The highest BCUT2D eigenvalue weighted by atomic mass is 19.4. The van der Waals surface area contributed by atoms with E-state index < -0.39 is 17.8 Å². The summed E-state index contributed by atoms with van der Waals surface area (Å²) in [5, 5.41) is 11.3. The maximum Gasteiger partial charge on any atom is 0.416 e. The van der Waals surface area contributed by atoms with E-state index in [4.69, 9.17) is 0 Å². The molecule has 1 aliphatic rings. The number of hydrogen-bond donors (Lipinski definition) is 1. The Bertz CT molecular complexity index is 1320. The Labute approximate surface area is 180 Å². The first kappa shape index (κ1) is 20.2. The molecule has 5 rings (SSSR count). The van der Waals surface area contributed by atoms with Crippen LogP contribution in [-0.2, 0) is 12.6 Å². The zero-order chi connectivity index (χ0) is 22.6. The number of carbonyl (C=O) groups excluding carboxylic acids is 1. The molecular formula is C22H19F3N6O. The van der Waals surface area contributed by atoms with E-state index in [9.17, 15) is 18.0 Å². The van der Waals surface area contributed by atoms with Gasteiger partial charge in [0, 0.05) is 5.56 Å². The van der Waals surface area contributed by atoms with Gasteiger partial charge >= 0.3 is 6.18 Å². The number of halogens is 3. The maximum atomic E-state index is 13.5. The molecule has 0 bridgehead atoms. The third kappa shape index (κ3) is 3.22. The number of nitrogens with zero attached hydrogens (tertiary/aromatic N) is 5. The van der Waals surface area contributed by atoms with Gasteiger partial charge in [0.05, 0.1) is 29.2 Å². The van der Waals surface area contributed by atoms with E-state index in [0.717, 1.165) is 12.1 Å². The number of aromatic nitrogens is 5. The van der Waals surface area contributed by atoms with E-state index in [2.05, 4.69) is 20.3 Å². The first-order valence-electron chi connectivity index (χ1n) is 10.1. The van der Waals surface area contributed by atoms with Gasteiger partial charge in [-0.3, -0.25) is 14.8 Å². The zero-order valence-corrected chi connectivity index (χ0v) is 17.3. The molecule has 0 spiro atoms. The quantitative estimate of drug-likeness (QED) is 0.510. The number of hydrogen-bond acceptors (Lipinski definition) is 4. The van der Waals surface area contributed by atoms with Gasteiger partial charge in [-0.25, -0.2) is 9.50 Å². The summed E-state index contributed by atoms with van der Waals surface area (Å²) >= 11 is 0. The Morgan fingerprint density at radius 3 is 2.75 bits per heavy atom. The van der Waals surface area contributed by atoms with Gasteiger partial charge in [0.25, 0.3) is 5.91 Å². The second-order valence-corrected chi connectivity index (χ2v) is 8.21. The average Bonchev–Trinajstić information content (AvgIpc) is 3.43. The molecule has 1 amide bonds. The molecule has 32 heavy (non-hydrogen) atoms. The molecule has 4 heterocycles. The number of nitrogens with one attached hydrogen (secondary N) is 1. The van der Waals surface area contributed by atoms with Crippen molar-refractivity contribution in [2.24, 2.45) is 5.92 Å². The highest BCUT2D eigenvalue weighted by Gasteiger charge is 2.43. The Morgan fingerprint density at radius 2 is 2.00 bits per heavy atom. The third-order valence-corrected chi connectivity index (χ3v) is 5.52. The summed E-state index contributed by atoms with van der Waals surface area (Å²) in [6, 6.07) is 7.76. The molecule has 3 aromatic heterocycles. The molecule has 0 aliphatic carbocycles. The lowest BCUT2D eigenvalue weighted by atomic mass is 9.94. The second kappa shape index (κ2) is 7.18. The van der Waals surface area contributed by atoms with Crippen LogP contribution in [0.1, 0.15) is 52.8 Å². The lowest BCUT2D eigenvalue weighted by molar-refractivity contribution is -0.137. The van der Waals surface area contributed by atoms with Crippen LogP contribution in [0.5, 0.6) is 0 Å². The minimum Gasteiger partial charge on any atom is -0.294 e. The molecule has 7 nitrogen and oxygen atoms in total. The Balaban J connectivity index is 1.70. The number of pyridine rings is 1. The first-order valence-corrected chi connectivity index (χ1v) is 10.1. The van der Waals surface area contributed by atoms with Crippen LogP contribution in [0.3, 0.4) is 0 Å². The summed E-state index contributed by atoms with van der Waals surface area (Å²) in [5.41, 5.74) is 2.26. The molecule has 1 N–H and O–H groups in total. The van der Waals surface area contributed by atoms with Crippen molar-refractivity contribution >= 4 is 17.2 Å². The summed E-state index contributed by atoms with van der Waals surface area (Å²) in [6.45, 7) is 4.04. The van der Waals surface area contributed by atoms with Crippen molar-refractivity contribution in [2.45, 2.75) is 32.5 Å². The number of rotatable bonds is 4. The minimum atomic E-state index is -4.50. The molecule has 0 fully saturated rings. The van der Waals surface area contributed by atoms with Crippen LogP contribution < -0.4 is 4.90 Å². The molecule has 1 atom stereocenters. The Kier molecular flexibility index (Phi) is 4.54. The van der Waals surface area contributed by atoms with Crippen molar-refractivity contribution in [2.75, 3.05) is 4.90 Å². The van der Waals surface area contributed by atoms with Crippen LogP contribution in [0, 0.1) is 5.92 Å². The van der Waals surface area contributed by atoms with Crippen molar-refractivity contribution in [1.82, 2.24) is 24.8 Å². The van der Waals surface area contributed by atoms with E-state index >= 15 is 0 Å². The van der Waals surface area contributed by atoms with E-state index in [1.165, 1.54) is 21.8 Å². The van der Waals surface area contributed by atoms with Crippen LogP contribution >= 0.6 is 0 Å². The SMILES string of the molecule is CC(C)Cc1n[nH]c2c1C(c1cccc(C(F)(F)F)c1)N(c1ccc3ncnn3c1)C2=O. The van der Waals surface area contributed by atoms with Crippen molar-refractivity contribution in [3.63, 3.8) is 0 Å². The van der Waals surface area contributed by atoms with Gasteiger partial charge in [-0.2, -0.15) is 23.4 Å². The predicted octanol–water partition coefficient (Wildman–Crippen LogP) is 4.42. The van der Waals surface area contributed by atoms with Gasteiger partial charge in [-0.05, 0) is 42.2 Å². The lowest BCUT2D eigenvalue weighted by Gasteiger charge is -2.27. The summed E-state index contributed by atoms with van der Waals surface area (Å²) in [7, 11) is 0. The average molecular weight is 440 g/mol. The summed E-state index contributed by atoms with van der Waals surface area (Å²) in [5.74, 6) is -0.107. The Hall–Kier alpha value is -3.69. The molecule has 0 saturated heterocycles. The highest BCUT2D eigenvalue weighted by Crippen LogP contribution is 2.44. The third-order valence-electron chi connectivity index (χ3n) is 5.52. The number of amides is 1. The van der Waals surface area contributed by atoms with Crippen molar-refractivity contribution in [3.05, 3.63) is 77.0 Å². The van der Waals surface area contributed by atoms with Crippen LogP contribution in [0.15, 0.2) is 48.9 Å². The normalized spacial score (nSPS) is 16.4. The second-order valence-electron chi connectivity index (χ2n) is 8.21. The van der Waals surface area contributed by atoms with E-state index in [0.29, 0.717) is 40.3 Å². The smallest absolute Gasteiger partial charge is 0.294 e. The molecule has 1 aromatic carbocycles. The maximum absolute atomic E-state index is 13.5. The van der Waals surface area contributed by atoms with Gasteiger partial charge in [0.15, 0.2) is 5.65 Å². The number of fused-ring (bicyclic) bond motifs is 2. The van der Waals surface area contributed by atoms with Crippen molar-refractivity contribution < 1.29 is 18.0 Å². The monoisotopic (exact) mass is 440 g/mol. The molecule has 4 aromatic rings. The Morgan fingerprint density at radius 1 is 1.19 bits per heavy atom. The molecule has 1 aliphatic heterocycles. The molecule has 0 radical (unpaired) electrons. The van der Waals surface area contributed by atoms with Crippen molar-refractivity contribution in [3.8, 4) is 0 Å². The largest absolute Gasteiger partial charge is 0.416 e. The molecule has 164 valence electrons. The van der Waals surface area contributed by atoms with Crippen LogP contribution in [0.2, 0.25) is 0 Å². The van der Waals surface area contributed by atoms with Crippen LogP contribution in [-0.4, -0.2) is 30.7 Å². The van der Waals surface area contributed by atoms with E-state index in [-0.39, 0.29) is 11.8 Å². The summed E-state index contributed by atoms with van der Waals surface area (Å²) < 4.78 is 41.9. The number of alkyl halides is 3. The standard InChI is InChI=1S/C22H19F3N6O/c1-12(2)8-16-18-19(29-28-16)21(32)31(15-6-7-17-26-11-27-30(17)10-15)20(18)13-4-3-5-14(9-13)22(23,24)25/h3-7,9-12,20H,8H2,1-2H3,(H,28,29). The summed E-state index contributed by atoms with van der Waals surface area (Å²) in [6.07, 6.45) is -0.877. The van der Waals surface area contributed by atoms with Crippen molar-refractivity contribution in [1.29, 1.82) is 0 Å². The minimum absolute atomic E-state index is 0.250. The topological polar surface area (TPSA) is 79.2 Å². The van der Waals surface area contributed by atoms with E-state index in [1.807, 2.05) is 13.8 Å². The fraction of sp³-hybridized carbons (Fsp3) is 0.273. The van der Waals surface area contributed by atoms with Gasteiger partial charge < -0.3 is 0 Å². The van der Waals surface area contributed by atoms with Gasteiger partial charge in [0.2, 0.25) is 0 Å².